The number of halogens is 2. The summed E-state index contributed by atoms with van der Waals surface area (Å²) in [5.74, 6) is 1.60. The smallest absolute Gasteiger partial charge is 0.227 e. The Kier molecular flexibility index (Phi) is 5.20. The molecule has 2 heterocycles. The molecule has 0 saturated carbocycles. The molecule has 0 aliphatic heterocycles. The topological polar surface area (TPSA) is 63.8 Å². The molecule has 0 radical (unpaired) electrons. The third-order valence-corrected chi connectivity index (χ3v) is 4.30. The van der Waals surface area contributed by atoms with Crippen LogP contribution in [-0.4, -0.2) is 21.7 Å². The number of aryl methyl sites for hydroxylation is 2. The van der Waals surface area contributed by atoms with Crippen molar-refractivity contribution in [1.29, 1.82) is 0 Å². The Labute approximate surface area is 147 Å². The maximum absolute atomic E-state index is 12.9. The van der Waals surface area contributed by atoms with E-state index in [9.17, 15) is 4.39 Å². The average molecular weight is 391 g/mol. The third-order valence-electron chi connectivity index (χ3n) is 3.47. The van der Waals surface area contributed by atoms with Crippen LogP contribution in [0.25, 0.3) is 11.4 Å². The quantitative estimate of drug-likeness (QED) is 0.632. The molecule has 0 amide bonds. The summed E-state index contributed by atoms with van der Waals surface area (Å²) in [4.78, 5) is 8.76. The van der Waals surface area contributed by atoms with Crippen LogP contribution in [0.4, 0.5) is 10.2 Å². The molecule has 1 aromatic carbocycles. The second kappa shape index (κ2) is 7.53. The van der Waals surface area contributed by atoms with Crippen molar-refractivity contribution in [2.45, 2.75) is 19.8 Å². The highest BCUT2D eigenvalue weighted by Gasteiger charge is 2.08. The molecule has 0 spiro atoms. The number of benzene rings is 1. The molecule has 0 unspecified atom stereocenters. The van der Waals surface area contributed by atoms with Gasteiger partial charge in [0.2, 0.25) is 11.7 Å². The van der Waals surface area contributed by atoms with E-state index in [0.29, 0.717) is 18.1 Å². The molecular formula is C17H16BrFN4O. The molecule has 0 aliphatic rings. The largest absolute Gasteiger partial charge is 0.370 e. The van der Waals surface area contributed by atoms with Crippen LogP contribution in [0, 0.1) is 12.7 Å². The number of nitrogens with zero attached hydrogens (tertiary/aromatic N) is 3. The lowest BCUT2D eigenvalue weighted by Gasteiger charge is -2.06. The average Bonchev–Trinajstić information content (AvgIpc) is 3.04. The fraction of sp³-hybridized carbons (Fsp3) is 0.235. The van der Waals surface area contributed by atoms with Gasteiger partial charge < -0.3 is 9.84 Å². The van der Waals surface area contributed by atoms with Gasteiger partial charge in [-0.2, -0.15) is 4.98 Å². The van der Waals surface area contributed by atoms with Crippen molar-refractivity contribution in [3.05, 3.63) is 58.3 Å². The molecule has 0 aliphatic carbocycles. The van der Waals surface area contributed by atoms with Crippen LogP contribution >= 0.6 is 15.9 Å². The van der Waals surface area contributed by atoms with Crippen molar-refractivity contribution in [3.8, 4) is 11.4 Å². The zero-order valence-electron chi connectivity index (χ0n) is 13.1. The van der Waals surface area contributed by atoms with E-state index in [1.54, 1.807) is 12.1 Å². The number of nitrogens with one attached hydrogen (secondary N) is 1. The first kappa shape index (κ1) is 16.6. The van der Waals surface area contributed by atoms with Crippen molar-refractivity contribution < 1.29 is 8.91 Å². The van der Waals surface area contributed by atoms with Gasteiger partial charge in [0, 0.05) is 23.0 Å². The predicted octanol–water partition coefficient (Wildman–Crippen LogP) is 4.39. The standard InChI is InChI=1S/C17H16BrFN4O/c1-11-14(18)8-9-15(21-11)20-10-2-3-16-22-17(23-24-16)12-4-6-13(19)7-5-12/h4-9H,2-3,10H2,1H3,(H,20,21). The summed E-state index contributed by atoms with van der Waals surface area (Å²) in [6.07, 6.45) is 1.50. The van der Waals surface area contributed by atoms with Crippen molar-refractivity contribution in [2.75, 3.05) is 11.9 Å². The normalized spacial score (nSPS) is 10.8. The molecule has 24 heavy (non-hydrogen) atoms. The Morgan fingerprint density at radius 2 is 1.92 bits per heavy atom. The minimum atomic E-state index is -0.287. The first-order valence-electron chi connectivity index (χ1n) is 7.57. The van der Waals surface area contributed by atoms with Crippen LogP contribution in [0.2, 0.25) is 0 Å². The number of hydrogen-bond acceptors (Lipinski definition) is 5. The van der Waals surface area contributed by atoms with Crippen LogP contribution in [-0.2, 0) is 6.42 Å². The lowest BCUT2D eigenvalue weighted by molar-refractivity contribution is 0.377. The van der Waals surface area contributed by atoms with E-state index in [2.05, 4.69) is 36.4 Å². The zero-order valence-corrected chi connectivity index (χ0v) is 14.7. The van der Waals surface area contributed by atoms with E-state index in [4.69, 9.17) is 4.52 Å². The van der Waals surface area contributed by atoms with Crippen molar-refractivity contribution in [1.82, 2.24) is 15.1 Å². The van der Waals surface area contributed by atoms with E-state index in [1.807, 2.05) is 19.1 Å². The molecule has 5 nitrogen and oxygen atoms in total. The molecule has 124 valence electrons. The number of hydrogen-bond donors (Lipinski definition) is 1. The maximum Gasteiger partial charge on any atom is 0.227 e. The fourth-order valence-electron chi connectivity index (χ4n) is 2.17. The minimum absolute atomic E-state index is 0.287. The van der Waals surface area contributed by atoms with Crippen molar-refractivity contribution in [3.63, 3.8) is 0 Å². The molecular weight excluding hydrogens is 375 g/mol. The number of aromatic nitrogens is 3. The van der Waals surface area contributed by atoms with Gasteiger partial charge in [0.05, 0.1) is 5.69 Å². The predicted molar refractivity (Wildman–Crippen MR) is 93.2 cm³/mol. The molecule has 0 atom stereocenters. The number of anilines is 1. The van der Waals surface area contributed by atoms with Crippen LogP contribution in [0.15, 0.2) is 45.4 Å². The fourth-order valence-corrected chi connectivity index (χ4v) is 2.39. The van der Waals surface area contributed by atoms with E-state index >= 15 is 0 Å². The second-order valence-electron chi connectivity index (χ2n) is 5.31. The third kappa shape index (κ3) is 4.17. The Morgan fingerprint density at radius 1 is 1.12 bits per heavy atom. The molecule has 3 aromatic rings. The molecule has 0 saturated heterocycles. The van der Waals surface area contributed by atoms with Crippen molar-refractivity contribution >= 4 is 21.7 Å². The van der Waals surface area contributed by atoms with Crippen LogP contribution in [0.5, 0.6) is 0 Å². The molecule has 3 rings (SSSR count). The van der Waals surface area contributed by atoms with Crippen LogP contribution in [0.3, 0.4) is 0 Å². The number of pyridine rings is 1. The summed E-state index contributed by atoms with van der Waals surface area (Å²) < 4.78 is 19.1. The SMILES string of the molecule is Cc1nc(NCCCc2nc(-c3ccc(F)cc3)no2)ccc1Br. The maximum atomic E-state index is 12.9. The highest BCUT2D eigenvalue weighted by molar-refractivity contribution is 9.10. The molecule has 2 aromatic heterocycles. The highest BCUT2D eigenvalue weighted by Crippen LogP contribution is 2.17. The van der Waals surface area contributed by atoms with Gasteiger partial charge in [0.15, 0.2) is 0 Å². The van der Waals surface area contributed by atoms with E-state index in [-0.39, 0.29) is 5.82 Å². The van der Waals surface area contributed by atoms with E-state index < -0.39 is 0 Å². The van der Waals surface area contributed by atoms with Crippen molar-refractivity contribution in [2.24, 2.45) is 0 Å². The monoisotopic (exact) mass is 390 g/mol. The Bertz CT molecular complexity index is 820. The Morgan fingerprint density at radius 3 is 2.67 bits per heavy atom. The minimum Gasteiger partial charge on any atom is -0.370 e. The first-order valence-corrected chi connectivity index (χ1v) is 8.36. The summed E-state index contributed by atoms with van der Waals surface area (Å²) in [5, 5.41) is 7.19. The first-order chi connectivity index (χ1) is 11.6. The highest BCUT2D eigenvalue weighted by atomic mass is 79.9. The van der Waals surface area contributed by atoms with Crippen LogP contribution in [0.1, 0.15) is 18.0 Å². The Hall–Kier alpha value is -2.28. The van der Waals surface area contributed by atoms with Gasteiger partial charge in [-0.1, -0.05) is 5.16 Å². The zero-order chi connectivity index (χ0) is 16.9. The van der Waals surface area contributed by atoms with Gasteiger partial charge in [-0.25, -0.2) is 9.37 Å². The number of rotatable bonds is 6. The van der Waals surface area contributed by atoms with Gasteiger partial charge in [0.25, 0.3) is 0 Å². The molecule has 0 bridgehead atoms. The van der Waals surface area contributed by atoms with E-state index in [0.717, 1.165) is 34.5 Å². The van der Waals surface area contributed by atoms with Crippen LogP contribution < -0.4 is 5.32 Å². The van der Waals surface area contributed by atoms with E-state index in [1.165, 1.54) is 12.1 Å². The summed E-state index contributed by atoms with van der Waals surface area (Å²) in [6.45, 7) is 2.70. The summed E-state index contributed by atoms with van der Waals surface area (Å²) in [5.41, 5.74) is 1.68. The van der Waals surface area contributed by atoms with Gasteiger partial charge in [-0.15, -0.1) is 0 Å². The van der Waals surface area contributed by atoms with Gasteiger partial charge in [-0.3, -0.25) is 0 Å². The molecule has 1 N–H and O–H groups in total. The summed E-state index contributed by atoms with van der Waals surface area (Å²) in [7, 11) is 0. The Balaban J connectivity index is 1.50. The lowest BCUT2D eigenvalue weighted by atomic mass is 10.2. The van der Waals surface area contributed by atoms with Gasteiger partial charge in [-0.05, 0) is 65.7 Å². The van der Waals surface area contributed by atoms with Gasteiger partial charge in [0.1, 0.15) is 11.6 Å². The summed E-state index contributed by atoms with van der Waals surface area (Å²) in [6, 6.07) is 9.92. The van der Waals surface area contributed by atoms with Gasteiger partial charge >= 0.3 is 0 Å². The molecule has 0 fully saturated rings. The second-order valence-corrected chi connectivity index (χ2v) is 6.17. The molecule has 7 heteroatoms. The lowest BCUT2D eigenvalue weighted by Crippen LogP contribution is -2.05. The summed E-state index contributed by atoms with van der Waals surface area (Å²) >= 11 is 3.43.